The number of likely N-dealkylation sites (tertiary alicyclic amines) is 1. The topological polar surface area (TPSA) is 76.1 Å². The number of hydrogen-bond acceptors (Lipinski definition) is 5. The molecule has 30 heavy (non-hydrogen) atoms. The van der Waals surface area contributed by atoms with Crippen LogP contribution in [0.25, 0.3) is 5.76 Å². The monoisotopic (exact) mass is 407 g/mol. The van der Waals surface area contributed by atoms with Crippen LogP contribution in [0.3, 0.4) is 0 Å². The summed E-state index contributed by atoms with van der Waals surface area (Å²) in [7, 11) is 1.59. The van der Waals surface area contributed by atoms with E-state index in [2.05, 4.69) is 6.58 Å². The Kier molecular flexibility index (Phi) is 7.03. The van der Waals surface area contributed by atoms with Crippen LogP contribution in [0.5, 0.6) is 5.75 Å². The highest BCUT2D eigenvalue weighted by atomic mass is 16.5. The second-order valence-electron chi connectivity index (χ2n) is 6.87. The number of ether oxygens (including phenoxy) is 2. The van der Waals surface area contributed by atoms with Gasteiger partial charge in [0.1, 0.15) is 18.1 Å². The van der Waals surface area contributed by atoms with Gasteiger partial charge in [-0.1, -0.05) is 55.1 Å². The van der Waals surface area contributed by atoms with E-state index in [-0.39, 0.29) is 11.3 Å². The first-order chi connectivity index (χ1) is 14.6. The first-order valence-corrected chi connectivity index (χ1v) is 9.75. The molecule has 6 nitrogen and oxygen atoms in total. The summed E-state index contributed by atoms with van der Waals surface area (Å²) in [5, 5.41) is 10.9. The van der Waals surface area contributed by atoms with Crippen LogP contribution < -0.4 is 4.74 Å². The number of Topliss-reactive ketones (excluding diaryl/α,β-unsaturated/α-hetero) is 1. The first kappa shape index (κ1) is 21.3. The highest BCUT2D eigenvalue weighted by molar-refractivity contribution is 6.46. The summed E-state index contributed by atoms with van der Waals surface area (Å²) in [4.78, 5) is 27.2. The lowest BCUT2D eigenvalue weighted by atomic mass is 9.95. The number of ketones is 1. The van der Waals surface area contributed by atoms with Crippen molar-refractivity contribution in [3.63, 3.8) is 0 Å². The molecular weight excluding hydrogens is 382 g/mol. The van der Waals surface area contributed by atoms with E-state index in [1.165, 1.54) is 4.90 Å². The zero-order valence-corrected chi connectivity index (χ0v) is 16.9. The fourth-order valence-electron chi connectivity index (χ4n) is 3.49. The largest absolute Gasteiger partial charge is 0.507 e. The lowest BCUT2D eigenvalue weighted by Gasteiger charge is -2.25. The van der Waals surface area contributed by atoms with Crippen LogP contribution in [0.1, 0.15) is 23.6 Å². The van der Waals surface area contributed by atoms with Crippen LogP contribution in [0.15, 0.2) is 72.8 Å². The molecule has 156 valence electrons. The van der Waals surface area contributed by atoms with Gasteiger partial charge in [-0.25, -0.2) is 0 Å². The minimum absolute atomic E-state index is 0.0865. The summed E-state index contributed by atoms with van der Waals surface area (Å²) >= 11 is 0. The second kappa shape index (κ2) is 9.89. The minimum Gasteiger partial charge on any atom is -0.507 e. The fraction of sp³-hybridized carbons (Fsp3) is 0.250. The molecule has 6 heteroatoms. The van der Waals surface area contributed by atoms with Crippen LogP contribution >= 0.6 is 0 Å². The fourth-order valence-corrected chi connectivity index (χ4v) is 3.49. The van der Waals surface area contributed by atoms with Gasteiger partial charge in [0, 0.05) is 25.8 Å². The van der Waals surface area contributed by atoms with Crippen LogP contribution in [-0.2, 0) is 14.3 Å². The second-order valence-corrected chi connectivity index (χ2v) is 6.87. The highest BCUT2D eigenvalue weighted by Gasteiger charge is 2.45. The molecule has 0 saturated carbocycles. The average Bonchev–Trinajstić information content (AvgIpc) is 3.03. The molecule has 3 rings (SSSR count). The van der Waals surface area contributed by atoms with Crippen LogP contribution in [-0.4, -0.2) is 48.6 Å². The Morgan fingerprint density at radius 1 is 1.13 bits per heavy atom. The lowest BCUT2D eigenvalue weighted by Crippen LogP contribution is -2.31. The minimum atomic E-state index is -0.689. The average molecular weight is 407 g/mol. The van der Waals surface area contributed by atoms with Gasteiger partial charge in [-0.05, 0) is 24.1 Å². The molecule has 0 unspecified atom stereocenters. The molecule has 1 atom stereocenters. The summed E-state index contributed by atoms with van der Waals surface area (Å²) in [5.74, 6) is -0.843. The molecule has 1 saturated heterocycles. The summed E-state index contributed by atoms with van der Waals surface area (Å²) < 4.78 is 10.6. The third-order valence-corrected chi connectivity index (χ3v) is 4.90. The van der Waals surface area contributed by atoms with Gasteiger partial charge >= 0.3 is 0 Å². The normalized spacial score (nSPS) is 17.9. The number of hydrogen-bond donors (Lipinski definition) is 1. The summed E-state index contributed by atoms with van der Waals surface area (Å²) in [6.45, 7) is 4.80. The zero-order valence-electron chi connectivity index (χ0n) is 16.9. The van der Waals surface area contributed by atoms with E-state index in [4.69, 9.17) is 9.47 Å². The Morgan fingerprint density at radius 2 is 1.83 bits per heavy atom. The third-order valence-electron chi connectivity index (χ3n) is 4.90. The van der Waals surface area contributed by atoms with E-state index in [0.717, 1.165) is 5.56 Å². The van der Waals surface area contributed by atoms with Gasteiger partial charge in [0.15, 0.2) is 0 Å². The maximum absolute atomic E-state index is 12.9. The van der Waals surface area contributed by atoms with Crippen molar-refractivity contribution in [3.8, 4) is 5.75 Å². The van der Waals surface area contributed by atoms with E-state index in [0.29, 0.717) is 37.5 Å². The molecule has 2 aromatic rings. The molecule has 1 aliphatic rings. The molecule has 1 amide bonds. The number of carbonyl (C=O) groups is 2. The Labute approximate surface area is 176 Å². The smallest absolute Gasteiger partial charge is 0.295 e. The number of aliphatic hydroxyl groups excluding tert-OH is 1. The quantitative estimate of drug-likeness (QED) is 0.225. The molecule has 0 spiro atoms. The zero-order chi connectivity index (χ0) is 21.5. The summed E-state index contributed by atoms with van der Waals surface area (Å²) in [5.41, 5.74) is 1.29. The Balaban J connectivity index is 2.04. The lowest BCUT2D eigenvalue weighted by molar-refractivity contribution is -0.140. The van der Waals surface area contributed by atoms with Crippen LogP contribution in [0.2, 0.25) is 0 Å². The maximum atomic E-state index is 12.9. The molecular formula is C24H25NO5. The molecule has 1 N–H and O–H groups in total. The van der Waals surface area contributed by atoms with Crippen molar-refractivity contribution in [1.82, 2.24) is 4.90 Å². The maximum Gasteiger partial charge on any atom is 0.295 e. The number of nitrogens with zero attached hydrogens (tertiary/aromatic N) is 1. The van der Waals surface area contributed by atoms with Crippen LogP contribution in [0.4, 0.5) is 0 Å². The van der Waals surface area contributed by atoms with Gasteiger partial charge in [-0.15, -0.1) is 0 Å². The van der Waals surface area contributed by atoms with Gasteiger partial charge in [-0.3, -0.25) is 9.59 Å². The standard InChI is InChI=1S/C24H25NO5/c1-3-15-30-19-12-10-17(11-13-19)21-20(22(26)18-8-5-4-6-9-18)23(27)24(28)25(21)14-7-16-29-2/h3-6,8-13,21,26H,1,7,14-16H2,2H3/t21-/m0/s1. The predicted molar refractivity (Wildman–Crippen MR) is 114 cm³/mol. The number of carbonyl (C=O) groups excluding carboxylic acids is 2. The molecule has 0 aromatic heterocycles. The van der Waals surface area contributed by atoms with Crippen molar-refractivity contribution in [1.29, 1.82) is 0 Å². The van der Waals surface area contributed by atoms with Crippen molar-refractivity contribution in [2.24, 2.45) is 0 Å². The highest BCUT2D eigenvalue weighted by Crippen LogP contribution is 2.39. The number of benzene rings is 2. The molecule has 0 radical (unpaired) electrons. The van der Waals surface area contributed by atoms with Gasteiger partial charge < -0.3 is 19.5 Å². The van der Waals surface area contributed by atoms with E-state index in [1.807, 2.05) is 6.07 Å². The third kappa shape index (κ3) is 4.44. The summed E-state index contributed by atoms with van der Waals surface area (Å²) in [6.07, 6.45) is 2.23. The first-order valence-electron chi connectivity index (χ1n) is 9.75. The molecule has 0 bridgehead atoms. The predicted octanol–water partition coefficient (Wildman–Crippen LogP) is 3.71. The number of amides is 1. The van der Waals surface area contributed by atoms with Gasteiger partial charge in [-0.2, -0.15) is 0 Å². The molecule has 0 aliphatic carbocycles. The molecule has 1 aliphatic heterocycles. The van der Waals surface area contributed by atoms with Gasteiger partial charge in [0.25, 0.3) is 11.7 Å². The van der Waals surface area contributed by atoms with E-state index in [1.54, 1.807) is 61.7 Å². The molecule has 2 aromatic carbocycles. The van der Waals surface area contributed by atoms with Crippen molar-refractivity contribution < 1.29 is 24.2 Å². The van der Waals surface area contributed by atoms with E-state index >= 15 is 0 Å². The Morgan fingerprint density at radius 3 is 2.47 bits per heavy atom. The van der Waals surface area contributed by atoms with Gasteiger partial charge in [0.2, 0.25) is 0 Å². The van der Waals surface area contributed by atoms with Crippen molar-refractivity contribution in [3.05, 3.63) is 84.0 Å². The van der Waals surface area contributed by atoms with Crippen molar-refractivity contribution in [2.45, 2.75) is 12.5 Å². The van der Waals surface area contributed by atoms with Crippen molar-refractivity contribution >= 4 is 17.4 Å². The number of rotatable bonds is 9. The SMILES string of the molecule is C=CCOc1ccc([C@H]2C(=C(O)c3ccccc3)C(=O)C(=O)N2CCCOC)cc1. The Hall–Kier alpha value is -3.38. The van der Waals surface area contributed by atoms with Gasteiger partial charge in [0.05, 0.1) is 11.6 Å². The number of aliphatic hydroxyl groups is 1. The van der Waals surface area contributed by atoms with Crippen LogP contribution in [0, 0.1) is 0 Å². The Bertz CT molecular complexity index is 934. The van der Waals surface area contributed by atoms with Crippen molar-refractivity contribution in [2.75, 3.05) is 26.9 Å². The molecule has 1 heterocycles. The molecule has 1 fully saturated rings. The number of methoxy groups -OCH3 is 1. The van der Waals surface area contributed by atoms with E-state index in [9.17, 15) is 14.7 Å². The van der Waals surface area contributed by atoms with E-state index < -0.39 is 17.7 Å². The summed E-state index contributed by atoms with van der Waals surface area (Å²) in [6, 6.07) is 15.2.